The second kappa shape index (κ2) is 6.00. The smallest absolute Gasteiger partial charge is 0.226 e. The molecule has 4 heterocycles. The number of nitrogens with zero attached hydrogens (tertiary/aromatic N) is 3. The Balaban J connectivity index is 1.36. The first kappa shape index (κ1) is 14.2. The van der Waals surface area contributed by atoms with Gasteiger partial charge in [0.1, 0.15) is 5.82 Å². The molecular formula is C16H16N4O2S. The summed E-state index contributed by atoms with van der Waals surface area (Å²) in [6.45, 7) is 0.787. The lowest BCUT2D eigenvalue weighted by Crippen LogP contribution is -2.41. The van der Waals surface area contributed by atoms with Gasteiger partial charge in [-0.15, -0.1) is 11.3 Å². The number of carbonyl (C=O) groups excluding carboxylic acids is 1. The molecule has 118 valence electrons. The summed E-state index contributed by atoms with van der Waals surface area (Å²) >= 11 is 1.49. The van der Waals surface area contributed by atoms with E-state index in [9.17, 15) is 4.79 Å². The minimum absolute atomic E-state index is 0.00913. The van der Waals surface area contributed by atoms with E-state index in [0.29, 0.717) is 6.42 Å². The van der Waals surface area contributed by atoms with E-state index in [1.165, 1.54) is 11.3 Å². The maximum atomic E-state index is 12.2. The van der Waals surface area contributed by atoms with Gasteiger partial charge in [0.05, 0.1) is 18.4 Å². The van der Waals surface area contributed by atoms with Crippen LogP contribution in [0.1, 0.15) is 17.9 Å². The largest absolute Gasteiger partial charge is 0.462 e. The number of furan rings is 1. The summed E-state index contributed by atoms with van der Waals surface area (Å²) in [6.07, 6.45) is 7.52. The highest BCUT2D eigenvalue weighted by molar-refractivity contribution is 7.13. The van der Waals surface area contributed by atoms with Gasteiger partial charge in [0, 0.05) is 36.8 Å². The molecule has 0 aromatic carbocycles. The average molecular weight is 328 g/mol. The molecule has 7 heteroatoms. The van der Waals surface area contributed by atoms with Crippen molar-refractivity contribution in [3.05, 3.63) is 47.7 Å². The van der Waals surface area contributed by atoms with Crippen LogP contribution in [0.25, 0.3) is 10.8 Å². The predicted octanol–water partition coefficient (Wildman–Crippen LogP) is 2.27. The van der Waals surface area contributed by atoms with Gasteiger partial charge < -0.3 is 14.3 Å². The van der Waals surface area contributed by atoms with Crippen LogP contribution in [-0.4, -0.2) is 26.5 Å². The number of aryl methyl sites for hydroxylation is 1. The van der Waals surface area contributed by atoms with E-state index in [1.807, 2.05) is 29.9 Å². The number of aromatic nitrogens is 3. The zero-order valence-electron chi connectivity index (χ0n) is 12.4. The van der Waals surface area contributed by atoms with E-state index in [4.69, 9.17) is 4.42 Å². The summed E-state index contributed by atoms with van der Waals surface area (Å²) in [5.41, 5.74) is 0.776. The van der Waals surface area contributed by atoms with Crippen LogP contribution in [0.3, 0.4) is 0 Å². The topological polar surface area (TPSA) is 73.0 Å². The van der Waals surface area contributed by atoms with Gasteiger partial charge in [0.15, 0.2) is 10.8 Å². The number of thiazole rings is 1. The molecule has 4 rings (SSSR count). The minimum Gasteiger partial charge on any atom is -0.462 e. The molecule has 1 N–H and O–H groups in total. The lowest BCUT2D eigenvalue weighted by Gasteiger charge is -2.24. The third-order valence-electron chi connectivity index (χ3n) is 3.93. The summed E-state index contributed by atoms with van der Waals surface area (Å²) < 4.78 is 7.43. The summed E-state index contributed by atoms with van der Waals surface area (Å²) in [6, 6.07) is 3.86. The van der Waals surface area contributed by atoms with Gasteiger partial charge >= 0.3 is 0 Å². The van der Waals surface area contributed by atoms with Crippen molar-refractivity contribution in [2.75, 3.05) is 0 Å². The molecule has 0 saturated carbocycles. The monoisotopic (exact) mass is 328 g/mol. The van der Waals surface area contributed by atoms with E-state index in [1.54, 1.807) is 6.26 Å². The van der Waals surface area contributed by atoms with Gasteiger partial charge in [-0.05, 0) is 18.6 Å². The van der Waals surface area contributed by atoms with Crippen LogP contribution >= 0.6 is 11.3 Å². The second-order valence-corrected chi connectivity index (χ2v) is 6.46. The number of fused-ring (bicyclic) bond motifs is 1. The molecule has 6 nitrogen and oxygen atoms in total. The fourth-order valence-electron chi connectivity index (χ4n) is 2.83. The van der Waals surface area contributed by atoms with Crippen LogP contribution in [0, 0.1) is 0 Å². The Bertz CT molecular complexity index is 806. The first-order chi connectivity index (χ1) is 11.3. The molecule has 1 aliphatic heterocycles. The van der Waals surface area contributed by atoms with Gasteiger partial charge in [-0.1, -0.05) is 0 Å². The first-order valence-corrected chi connectivity index (χ1v) is 8.43. The molecule has 0 bridgehead atoms. The van der Waals surface area contributed by atoms with E-state index < -0.39 is 0 Å². The van der Waals surface area contributed by atoms with Crippen LogP contribution in [0.15, 0.2) is 40.6 Å². The van der Waals surface area contributed by atoms with Crippen molar-refractivity contribution in [2.45, 2.75) is 31.8 Å². The first-order valence-electron chi connectivity index (χ1n) is 7.55. The van der Waals surface area contributed by atoms with Crippen molar-refractivity contribution in [1.29, 1.82) is 0 Å². The third-order valence-corrected chi connectivity index (χ3v) is 4.83. The Hall–Kier alpha value is -2.41. The van der Waals surface area contributed by atoms with Crippen molar-refractivity contribution in [3.63, 3.8) is 0 Å². The number of imidazole rings is 1. The molecular weight excluding hydrogens is 312 g/mol. The summed E-state index contributed by atoms with van der Waals surface area (Å²) in [7, 11) is 0. The fraction of sp³-hybridized carbons (Fsp3) is 0.312. The maximum Gasteiger partial charge on any atom is 0.226 e. The van der Waals surface area contributed by atoms with Gasteiger partial charge in [0.25, 0.3) is 0 Å². The molecule has 1 aliphatic rings. The van der Waals surface area contributed by atoms with Gasteiger partial charge in [-0.25, -0.2) is 9.97 Å². The standard InChI is InChI=1S/C16H16N4O2S/c21-15(18-11-3-4-14-17-5-6-20(14)9-11)8-12-10-23-16(19-12)13-2-1-7-22-13/h1-2,5-7,10-11H,3-4,8-9H2,(H,18,21)/t11-/m1/s1. The molecule has 1 amide bonds. The Morgan fingerprint density at radius 3 is 3.35 bits per heavy atom. The molecule has 1 atom stereocenters. The van der Waals surface area contributed by atoms with Gasteiger partial charge in [-0.3, -0.25) is 4.79 Å². The van der Waals surface area contributed by atoms with Crippen molar-refractivity contribution in [2.24, 2.45) is 0 Å². The third kappa shape index (κ3) is 3.05. The predicted molar refractivity (Wildman–Crippen MR) is 86.0 cm³/mol. The number of hydrogen-bond donors (Lipinski definition) is 1. The Kier molecular flexibility index (Phi) is 3.70. The van der Waals surface area contributed by atoms with Crippen molar-refractivity contribution in [3.8, 4) is 10.8 Å². The Morgan fingerprint density at radius 1 is 1.52 bits per heavy atom. The fourth-order valence-corrected chi connectivity index (χ4v) is 3.62. The lowest BCUT2D eigenvalue weighted by molar-refractivity contribution is -0.121. The molecule has 0 fully saturated rings. The van der Waals surface area contributed by atoms with Gasteiger partial charge in [-0.2, -0.15) is 0 Å². The quantitative estimate of drug-likeness (QED) is 0.797. The van der Waals surface area contributed by atoms with Crippen LogP contribution in [0.4, 0.5) is 0 Å². The molecule has 0 spiro atoms. The summed E-state index contributed by atoms with van der Waals surface area (Å²) in [4.78, 5) is 21.0. The highest BCUT2D eigenvalue weighted by Crippen LogP contribution is 2.24. The van der Waals surface area contributed by atoms with E-state index >= 15 is 0 Å². The number of rotatable bonds is 4. The van der Waals surface area contributed by atoms with Crippen LogP contribution in [-0.2, 0) is 24.2 Å². The lowest BCUT2D eigenvalue weighted by atomic mass is 10.1. The maximum absolute atomic E-state index is 12.2. The van der Waals surface area contributed by atoms with Crippen molar-refractivity contribution in [1.82, 2.24) is 19.9 Å². The minimum atomic E-state index is 0.00913. The number of amides is 1. The summed E-state index contributed by atoms with van der Waals surface area (Å²) in [5.74, 6) is 1.84. The molecule has 0 unspecified atom stereocenters. The number of nitrogens with one attached hydrogen (secondary N) is 1. The highest BCUT2D eigenvalue weighted by Gasteiger charge is 2.20. The zero-order valence-corrected chi connectivity index (χ0v) is 13.3. The molecule has 0 saturated heterocycles. The van der Waals surface area contributed by atoms with Gasteiger partial charge in [0.2, 0.25) is 5.91 Å². The number of carbonyl (C=O) groups is 1. The van der Waals surface area contributed by atoms with E-state index in [2.05, 4.69) is 19.9 Å². The molecule has 0 radical (unpaired) electrons. The molecule has 0 aliphatic carbocycles. The second-order valence-electron chi connectivity index (χ2n) is 5.60. The van der Waals surface area contributed by atoms with Crippen molar-refractivity contribution < 1.29 is 9.21 Å². The van der Waals surface area contributed by atoms with Crippen LogP contribution < -0.4 is 5.32 Å². The molecule has 3 aromatic rings. The van der Waals surface area contributed by atoms with Crippen LogP contribution in [0.5, 0.6) is 0 Å². The summed E-state index contributed by atoms with van der Waals surface area (Å²) in [5, 5.41) is 5.81. The molecule has 3 aromatic heterocycles. The SMILES string of the molecule is O=C(Cc1csc(-c2ccco2)n1)N[C@@H]1CCc2nccn2C1. The van der Waals surface area contributed by atoms with E-state index in [0.717, 1.165) is 41.7 Å². The van der Waals surface area contributed by atoms with Crippen molar-refractivity contribution >= 4 is 17.2 Å². The van der Waals surface area contributed by atoms with E-state index in [-0.39, 0.29) is 11.9 Å². The highest BCUT2D eigenvalue weighted by atomic mass is 32.1. The Morgan fingerprint density at radius 2 is 2.48 bits per heavy atom. The van der Waals surface area contributed by atoms with Crippen LogP contribution in [0.2, 0.25) is 0 Å². The number of hydrogen-bond acceptors (Lipinski definition) is 5. The Labute approximate surface area is 137 Å². The normalized spacial score (nSPS) is 17.0. The average Bonchev–Trinajstić information content (AvgIpc) is 3.27. The molecule has 23 heavy (non-hydrogen) atoms. The zero-order chi connectivity index (χ0) is 15.6.